The first-order valence-electron chi connectivity index (χ1n) is 11.2. The van der Waals surface area contributed by atoms with E-state index in [9.17, 15) is 19.6 Å². The van der Waals surface area contributed by atoms with Crippen LogP contribution in [-0.4, -0.2) is 48.1 Å². The number of aromatic amines is 1. The van der Waals surface area contributed by atoms with E-state index < -0.39 is 23.3 Å². The Morgan fingerprint density at radius 2 is 1.91 bits per heavy atom. The van der Waals surface area contributed by atoms with E-state index in [0.717, 1.165) is 6.42 Å². The molecule has 0 spiro atoms. The third kappa shape index (κ3) is 3.81. The van der Waals surface area contributed by atoms with Crippen LogP contribution >= 0.6 is 0 Å². The molecule has 1 aromatic carbocycles. The van der Waals surface area contributed by atoms with Gasteiger partial charge in [-0.25, -0.2) is 0 Å². The van der Waals surface area contributed by atoms with E-state index in [-0.39, 0.29) is 23.2 Å². The van der Waals surface area contributed by atoms with E-state index >= 15 is 0 Å². The summed E-state index contributed by atoms with van der Waals surface area (Å²) in [5.74, 6) is -1.48. The molecule has 1 saturated heterocycles. The van der Waals surface area contributed by atoms with Crippen molar-refractivity contribution in [2.24, 2.45) is 17.6 Å². The molecule has 1 fully saturated rings. The summed E-state index contributed by atoms with van der Waals surface area (Å²) in [6, 6.07) is 7.23. The van der Waals surface area contributed by atoms with Crippen LogP contribution in [0.1, 0.15) is 36.3 Å². The summed E-state index contributed by atoms with van der Waals surface area (Å²) in [6.07, 6.45) is 1.85. The van der Waals surface area contributed by atoms with Gasteiger partial charge >= 0.3 is 0 Å². The molecule has 4 heterocycles. The summed E-state index contributed by atoms with van der Waals surface area (Å²) in [7, 11) is 0. The fraction of sp³-hybridized carbons (Fsp3) is 0.435. The smallest absolute Gasteiger partial charge is 0.258 e. The highest BCUT2D eigenvalue weighted by Crippen LogP contribution is 2.41. The minimum absolute atomic E-state index is 0.129. The normalized spacial score (nSPS) is 22.2. The maximum atomic E-state index is 13.3. The summed E-state index contributed by atoms with van der Waals surface area (Å²) >= 11 is 0. The number of anilines is 2. The summed E-state index contributed by atoms with van der Waals surface area (Å²) in [5, 5.41) is 12.4. The van der Waals surface area contributed by atoms with Gasteiger partial charge in [-0.05, 0) is 30.5 Å². The quantitative estimate of drug-likeness (QED) is 0.602. The lowest BCUT2D eigenvalue weighted by Crippen LogP contribution is -2.42. The first-order chi connectivity index (χ1) is 16.5. The van der Waals surface area contributed by atoms with Gasteiger partial charge in [0, 0.05) is 31.3 Å². The molecule has 1 aromatic heterocycles. The number of aromatic nitrogens is 2. The lowest BCUT2D eigenvalue weighted by molar-refractivity contribution is -0.122. The maximum absolute atomic E-state index is 13.3. The van der Waals surface area contributed by atoms with Crippen molar-refractivity contribution < 1.29 is 19.1 Å². The van der Waals surface area contributed by atoms with Crippen LogP contribution in [0.25, 0.3) is 0 Å². The molecule has 0 aliphatic carbocycles. The second kappa shape index (κ2) is 8.70. The van der Waals surface area contributed by atoms with Crippen molar-refractivity contribution in [2.45, 2.75) is 25.2 Å². The highest BCUT2D eigenvalue weighted by Gasteiger charge is 2.41. The maximum Gasteiger partial charge on any atom is 0.258 e. The van der Waals surface area contributed by atoms with Gasteiger partial charge in [-0.1, -0.05) is 6.07 Å². The Kier molecular flexibility index (Phi) is 5.57. The zero-order valence-corrected chi connectivity index (χ0v) is 18.4. The second-order valence-electron chi connectivity index (χ2n) is 8.65. The minimum Gasteiger partial charge on any atom is -0.490 e. The number of nitrogens with one attached hydrogen (secondary N) is 2. The Labute approximate surface area is 194 Å². The summed E-state index contributed by atoms with van der Waals surface area (Å²) in [6.45, 7) is 2.01. The van der Waals surface area contributed by atoms with Crippen molar-refractivity contribution in [3.05, 3.63) is 39.7 Å². The molecule has 2 aromatic rings. The lowest BCUT2D eigenvalue weighted by Gasteiger charge is -2.33. The number of fused-ring (bicyclic) bond motifs is 2. The number of carbonyl (C=O) groups excluding carboxylic acids is 2. The number of amides is 2. The van der Waals surface area contributed by atoms with Crippen molar-refractivity contribution in [1.29, 1.82) is 5.26 Å². The van der Waals surface area contributed by atoms with Crippen LogP contribution in [0.4, 0.5) is 11.8 Å². The Morgan fingerprint density at radius 1 is 1.18 bits per heavy atom. The standard InChI is InChI=1S/C23H24N6O5/c24-11-14-17(13-2-3-15-16(10-13)34-9-1-8-33-15)18-20(26-21(14)31)27-23(28-22(18)32)29-6-4-12(5-7-29)19(25)30/h2-3,10,12,14,17H,1,4-9H2,(H2,25,30)(H2,26,27,28,31,32). The van der Waals surface area contributed by atoms with E-state index in [0.29, 0.717) is 62.2 Å². The van der Waals surface area contributed by atoms with Gasteiger partial charge in [-0.2, -0.15) is 10.2 Å². The van der Waals surface area contributed by atoms with Gasteiger partial charge in [0.2, 0.25) is 17.8 Å². The van der Waals surface area contributed by atoms with Crippen molar-refractivity contribution in [3.8, 4) is 17.6 Å². The fourth-order valence-electron chi connectivity index (χ4n) is 4.76. The molecular weight excluding hydrogens is 440 g/mol. The van der Waals surface area contributed by atoms with Gasteiger partial charge in [0.25, 0.3) is 5.56 Å². The summed E-state index contributed by atoms with van der Waals surface area (Å²) in [4.78, 5) is 46.7. The number of ether oxygens (including phenoxy) is 2. The lowest BCUT2D eigenvalue weighted by atomic mass is 9.79. The molecule has 4 N–H and O–H groups in total. The fourth-order valence-corrected chi connectivity index (χ4v) is 4.76. The predicted molar refractivity (Wildman–Crippen MR) is 121 cm³/mol. The molecule has 5 rings (SSSR count). The predicted octanol–water partition coefficient (Wildman–Crippen LogP) is 0.857. The van der Waals surface area contributed by atoms with Crippen LogP contribution < -0.4 is 31.0 Å². The minimum atomic E-state index is -1.11. The van der Waals surface area contributed by atoms with Gasteiger partial charge < -0.3 is 25.4 Å². The van der Waals surface area contributed by atoms with Crippen LogP contribution in [0, 0.1) is 23.2 Å². The van der Waals surface area contributed by atoms with Crippen molar-refractivity contribution in [2.75, 3.05) is 36.5 Å². The van der Waals surface area contributed by atoms with Gasteiger partial charge in [0.05, 0.1) is 24.8 Å². The van der Waals surface area contributed by atoms with Gasteiger partial charge in [-0.15, -0.1) is 0 Å². The molecule has 2 amide bonds. The highest BCUT2D eigenvalue weighted by molar-refractivity contribution is 5.98. The number of benzene rings is 1. The molecule has 3 aliphatic heterocycles. The first-order valence-corrected chi connectivity index (χ1v) is 11.2. The van der Waals surface area contributed by atoms with E-state index in [1.54, 1.807) is 18.2 Å². The van der Waals surface area contributed by atoms with Crippen LogP contribution in [0.2, 0.25) is 0 Å². The second-order valence-corrected chi connectivity index (χ2v) is 8.65. The highest BCUT2D eigenvalue weighted by atomic mass is 16.5. The first kappa shape index (κ1) is 21.8. The largest absolute Gasteiger partial charge is 0.490 e. The number of hydrogen-bond acceptors (Lipinski definition) is 8. The zero-order chi connectivity index (χ0) is 23.8. The van der Waals surface area contributed by atoms with Crippen molar-refractivity contribution in [1.82, 2.24) is 9.97 Å². The average molecular weight is 464 g/mol. The third-order valence-electron chi connectivity index (χ3n) is 6.58. The summed E-state index contributed by atoms with van der Waals surface area (Å²) < 4.78 is 11.4. The van der Waals surface area contributed by atoms with Gasteiger partial charge in [0.15, 0.2) is 11.5 Å². The van der Waals surface area contributed by atoms with Gasteiger partial charge in [-0.3, -0.25) is 19.4 Å². The molecule has 34 heavy (non-hydrogen) atoms. The van der Waals surface area contributed by atoms with E-state index in [2.05, 4.69) is 15.3 Å². The Bertz CT molecular complexity index is 1240. The van der Waals surface area contributed by atoms with Crippen LogP contribution in [-0.2, 0) is 9.59 Å². The van der Waals surface area contributed by atoms with E-state index in [4.69, 9.17) is 15.2 Å². The van der Waals surface area contributed by atoms with Crippen molar-refractivity contribution >= 4 is 23.6 Å². The van der Waals surface area contributed by atoms with E-state index in [1.807, 2.05) is 11.0 Å². The Hall–Kier alpha value is -4.07. The molecule has 0 bridgehead atoms. The van der Waals surface area contributed by atoms with Crippen LogP contribution in [0.3, 0.4) is 0 Å². The topological polar surface area (TPSA) is 163 Å². The van der Waals surface area contributed by atoms with Crippen molar-refractivity contribution in [3.63, 3.8) is 0 Å². The average Bonchev–Trinajstić information content (AvgIpc) is 3.08. The molecule has 11 heteroatoms. The third-order valence-corrected chi connectivity index (χ3v) is 6.58. The number of primary amides is 1. The number of hydrogen-bond donors (Lipinski definition) is 3. The number of carbonyl (C=O) groups is 2. The van der Waals surface area contributed by atoms with Gasteiger partial charge in [0.1, 0.15) is 11.7 Å². The zero-order valence-electron chi connectivity index (χ0n) is 18.4. The number of nitrogens with two attached hydrogens (primary N) is 1. The number of nitrogens with zero attached hydrogens (tertiary/aromatic N) is 3. The molecule has 176 valence electrons. The SMILES string of the molecule is N#CC1C(=O)Nc2nc(N3CCC(C(N)=O)CC3)[nH]c(=O)c2C1c1ccc2c(c1)OCCCO2. The number of H-pyrrole nitrogens is 1. The number of nitriles is 1. The molecule has 0 radical (unpaired) electrons. The number of piperidine rings is 1. The molecule has 11 nitrogen and oxygen atoms in total. The van der Waals surface area contributed by atoms with Crippen LogP contribution in [0.15, 0.2) is 23.0 Å². The Balaban J connectivity index is 1.53. The molecular formula is C23H24N6O5. The van der Waals surface area contributed by atoms with Crippen LogP contribution in [0.5, 0.6) is 11.5 Å². The molecule has 3 aliphatic rings. The summed E-state index contributed by atoms with van der Waals surface area (Å²) in [5.41, 5.74) is 5.78. The molecule has 0 saturated carbocycles. The molecule has 2 unspecified atom stereocenters. The number of rotatable bonds is 3. The Morgan fingerprint density at radius 3 is 2.62 bits per heavy atom. The monoisotopic (exact) mass is 464 g/mol. The van der Waals surface area contributed by atoms with E-state index in [1.165, 1.54) is 0 Å². The molecule has 2 atom stereocenters.